The van der Waals surface area contributed by atoms with Crippen LogP contribution >= 0.6 is 0 Å². The maximum Gasteiger partial charge on any atom is 0.417 e. The number of rotatable bonds is 5. The summed E-state index contributed by atoms with van der Waals surface area (Å²) in [6, 6.07) is 9.49. The van der Waals surface area contributed by atoms with E-state index in [0.29, 0.717) is 18.8 Å². The third-order valence-electron chi connectivity index (χ3n) is 3.90. The molecule has 0 unspecified atom stereocenters. The molecule has 1 aromatic carbocycles. The summed E-state index contributed by atoms with van der Waals surface area (Å²) < 4.78 is 48.4. The molecule has 8 heteroatoms. The molecule has 1 saturated heterocycles. The lowest BCUT2D eigenvalue weighted by atomic mass is 10.1. The number of pyridine rings is 1. The van der Waals surface area contributed by atoms with Gasteiger partial charge in [0.2, 0.25) is 5.88 Å². The van der Waals surface area contributed by atoms with Crippen LogP contribution in [0.25, 0.3) is 0 Å². The lowest BCUT2D eigenvalue weighted by Crippen LogP contribution is -2.57. The highest BCUT2D eigenvalue weighted by Crippen LogP contribution is 2.29. The van der Waals surface area contributed by atoms with Crippen molar-refractivity contribution in [3.63, 3.8) is 0 Å². The molecular formula is C18H17F3N2O3. The van der Waals surface area contributed by atoms with Crippen LogP contribution in [0.5, 0.6) is 11.6 Å². The Morgan fingerprint density at radius 2 is 2.04 bits per heavy atom. The molecule has 0 aliphatic carbocycles. The van der Waals surface area contributed by atoms with Crippen molar-refractivity contribution in [1.82, 2.24) is 9.88 Å². The third-order valence-corrected chi connectivity index (χ3v) is 3.90. The predicted molar refractivity (Wildman–Crippen MR) is 86.9 cm³/mol. The summed E-state index contributed by atoms with van der Waals surface area (Å²) in [6.45, 7) is 2.55. The van der Waals surface area contributed by atoms with Crippen molar-refractivity contribution in [1.29, 1.82) is 0 Å². The molecule has 1 aliphatic rings. The predicted octanol–water partition coefficient (Wildman–Crippen LogP) is 3.08. The van der Waals surface area contributed by atoms with Gasteiger partial charge in [0.15, 0.2) is 6.61 Å². The minimum absolute atomic E-state index is 0.0747. The zero-order valence-electron chi connectivity index (χ0n) is 14.0. The SMILES string of the molecule is Cc1cccc(OCC(=O)N2CC(Oc3ccc(C(F)(F)F)cn3)C2)c1. The molecule has 0 N–H and O–H groups in total. The fourth-order valence-electron chi connectivity index (χ4n) is 2.45. The van der Waals surface area contributed by atoms with E-state index in [2.05, 4.69) is 4.98 Å². The molecule has 2 heterocycles. The normalized spacial score (nSPS) is 14.7. The van der Waals surface area contributed by atoms with Gasteiger partial charge in [-0.05, 0) is 30.7 Å². The fourth-order valence-corrected chi connectivity index (χ4v) is 2.45. The number of alkyl halides is 3. The number of amides is 1. The number of benzene rings is 1. The molecule has 1 amide bonds. The number of nitrogens with zero attached hydrogens (tertiary/aromatic N) is 2. The van der Waals surface area contributed by atoms with Crippen molar-refractivity contribution in [2.75, 3.05) is 19.7 Å². The molecule has 26 heavy (non-hydrogen) atoms. The van der Waals surface area contributed by atoms with Gasteiger partial charge in [0.1, 0.15) is 11.9 Å². The zero-order valence-corrected chi connectivity index (χ0v) is 14.0. The summed E-state index contributed by atoms with van der Waals surface area (Å²) >= 11 is 0. The van der Waals surface area contributed by atoms with Gasteiger partial charge in [-0.2, -0.15) is 13.2 Å². The van der Waals surface area contributed by atoms with Crippen molar-refractivity contribution in [2.24, 2.45) is 0 Å². The summed E-state index contributed by atoms with van der Waals surface area (Å²) in [5.41, 5.74) is 0.208. The van der Waals surface area contributed by atoms with E-state index in [1.807, 2.05) is 25.1 Å². The maximum atomic E-state index is 12.5. The molecule has 138 valence electrons. The van der Waals surface area contributed by atoms with Crippen LogP contribution in [0.15, 0.2) is 42.6 Å². The Labute approximate surface area is 148 Å². The molecule has 0 saturated carbocycles. The summed E-state index contributed by atoms with van der Waals surface area (Å²) in [5.74, 6) is 0.554. The van der Waals surface area contributed by atoms with Gasteiger partial charge in [-0.3, -0.25) is 4.79 Å². The Hall–Kier alpha value is -2.77. The number of halogens is 3. The van der Waals surface area contributed by atoms with Crippen LogP contribution in [0.4, 0.5) is 13.2 Å². The Bertz CT molecular complexity index is 772. The summed E-state index contributed by atoms with van der Waals surface area (Å²) in [6.07, 6.45) is -3.99. The summed E-state index contributed by atoms with van der Waals surface area (Å²) in [4.78, 5) is 17.3. The highest BCUT2D eigenvalue weighted by molar-refractivity contribution is 5.78. The highest BCUT2D eigenvalue weighted by Gasteiger charge is 2.33. The molecular weight excluding hydrogens is 349 g/mol. The minimum atomic E-state index is -4.43. The van der Waals surface area contributed by atoms with Gasteiger partial charge in [0.05, 0.1) is 18.7 Å². The van der Waals surface area contributed by atoms with Crippen LogP contribution in [-0.2, 0) is 11.0 Å². The van der Waals surface area contributed by atoms with Gasteiger partial charge in [-0.25, -0.2) is 4.98 Å². The van der Waals surface area contributed by atoms with Crippen LogP contribution in [0.3, 0.4) is 0 Å². The molecule has 0 spiro atoms. The zero-order chi connectivity index (χ0) is 18.7. The first-order chi connectivity index (χ1) is 12.3. The van der Waals surface area contributed by atoms with E-state index in [-0.39, 0.29) is 24.5 Å². The molecule has 0 atom stereocenters. The maximum absolute atomic E-state index is 12.5. The lowest BCUT2D eigenvalue weighted by molar-refractivity contribution is -0.142. The van der Waals surface area contributed by atoms with Gasteiger partial charge in [0.25, 0.3) is 5.91 Å². The number of carbonyl (C=O) groups excluding carboxylic acids is 1. The van der Waals surface area contributed by atoms with E-state index < -0.39 is 11.7 Å². The Morgan fingerprint density at radius 1 is 1.27 bits per heavy atom. The number of likely N-dealkylation sites (tertiary alicyclic amines) is 1. The number of aryl methyl sites for hydroxylation is 1. The Kier molecular flexibility index (Phi) is 5.01. The van der Waals surface area contributed by atoms with Crippen molar-refractivity contribution < 1.29 is 27.4 Å². The average Bonchev–Trinajstić information content (AvgIpc) is 2.55. The molecule has 0 bridgehead atoms. The largest absolute Gasteiger partial charge is 0.484 e. The van der Waals surface area contributed by atoms with Crippen LogP contribution in [0, 0.1) is 6.92 Å². The number of aromatic nitrogens is 1. The van der Waals surface area contributed by atoms with Crippen molar-refractivity contribution >= 4 is 5.91 Å². The highest BCUT2D eigenvalue weighted by atomic mass is 19.4. The van der Waals surface area contributed by atoms with Gasteiger partial charge in [0, 0.05) is 12.3 Å². The van der Waals surface area contributed by atoms with Crippen LogP contribution in [0.1, 0.15) is 11.1 Å². The first-order valence-electron chi connectivity index (χ1n) is 7.98. The van der Waals surface area contributed by atoms with Gasteiger partial charge in [-0.15, -0.1) is 0 Å². The first-order valence-corrected chi connectivity index (χ1v) is 7.98. The smallest absolute Gasteiger partial charge is 0.417 e. The lowest BCUT2D eigenvalue weighted by Gasteiger charge is -2.38. The van der Waals surface area contributed by atoms with E-state index in [1.165, 1.54) is 6.07 Å². The van der Waals surface area contributed by atoms with E-state index in [4.69, 9.17) is 9.47 Å². The molecule has 0 radical (unpaired) electrons. The third kappa shape index (κ3) is 4.44. The summed E-state index contributed by atoms with van der Waals surface area (Å²) in [5, 5.41) is 0. The fraction of sp³-hybridized carbons (Fsp3) is 0.333. The molecule has 1 fully saturated rings. The molecule has 1 aliphatic heterocycles. The Balaban J connectivity index is 1.43. The summed E-state index contributed by atoms with van der Waals surface area (Å²) in [7, 11) is 0. The minimum Gasteiger partial charge on any atom is -0.484 e. The number of carbonyl (C=O) groups is 1. The van der Waals surface area contributed by atoms with Crippen LogP contribution in [0.2, 0.25) is 0 Å². The molecule has 3 rings (SSSR count). The molecule has 5 nitrogen and oxygen atoms in total. The van der Waals surface area contributed by atoms with Crippen molar-refractivity contribution in [3.05, 3.63) is 53.7 Å². The average molecular weight is 366 g/mol. The number of hydrogen-bond acceptors (Lipinski definition) is 4. The second kappa shape index (κ2) is 7.23. The second-order valence-electron chi connectivity index (χ2n) is 6.03. The Morgan fingerprint density at radius 3 is 2.65 bits per heavy atom. The molecule has 1 aromatic heterocycles. The van der Waals surface area contributed by atoms with E-state index in [1.54, 1.807) is 11.0 Å². The van der Waals surface area contributed by atoms with E-state index in [9.17, 15) is 18.0 Å². The molecule has 2 aromatic rings. The first kappa shape index (κ1) is 18.0. The topological polar surface area (TPSA) is 51.7 Å². The van der Waals surface area contributed by atoms with Crippen molar-refractivity contribution in [2.45, 2.75) is 19.2 Å². The second-order valence-corrected chi connectivity index (χ2v) is 6.03. The van der Waals surface area contributed by atoms with Gasteiger partial charge < -0.3 is 14.4 Å². The standard InChI is InChI=1S/C18H17F3N2O3/c1-12-3-2-4-14(7-12)25-11-17(24)23-9-15(10-23)26-16-6-5-13(8-22-16)18(19,20)21/h2-8,15H,9-11H2,1H3. The quantitative estimate of drug-likeness (QED) is 0.816. The van der Waals surface area contributed by atoms with E-state index >= 15 is 0 Å². The van der Waals surface area contributed by atoms with Gasteiger partial charge in [-0.1, -0.05) is 12.1 Å². The monoisotopic (exact) mass is 366 g/mol. The number of ether oxygens (including phenoxy) is 2. The van der Waals surface area contributed by atoms with Crippen LogP contribution < -0.4 is 9.47 Å². The van der Waals surface area contributed by atoms with Crippen LogP contribution in [-0.4, -0.2) is 41.6 Å². The number of hydrogen-bond donors (Lipinski definition) is 0. The van der Waals surface area contributed by atoms with Crippen molar-refractivity contribution in [3.8, 4) is 11.6 Å². The van der Waals surface area contributed by atoms with Gasteiger partial charge >= 0.3 is 6.18 Å². The van der Waals surface area contributed by atoms with E-state index in [0.717, 1.165) is 17.8 Å².